The first-order valence-electron chi connectivity index (χ1n) is 8.66. The van der Waals surface area contributed by atoms with Crippen LogP contribution in [0.3, 0.4) is 0 Å². The van der Waals surface area contributed by atoms with Crippen LogP contribution in [0, 0.1) is 5.41 Å². The lowest BCUT2D eigenvalue weighted by Gasteiger charge is -2.30. The van der Waals surface area contributed by atoms with E-state index in [1.54, 1.807) is 14.2 Å². The minimum atomic E-state index is -3.36. The first kappa shape index (κ1) is 26.1. The van der Waals surface area contributed by atoms with Crippen LogP contribution in [0.15, 0.2) is 35.3 Å². The number of hydrogen-bond acceptors (Lipinski definition) is 4. The molecule has 0 aliphatic carbocycles. The quantitative estimate of drug-likeness (QED) is 0.267. The molecule has 1 aromatic rings. The Morgan fingerprint density at radius 3 is 2.33 bits per heavy atom. The maximum Gasteiger partial charge on any atom is 0.213 e. The zero-order chi connectivity index (χ0) is 19.6. The van der Waals surface area contributed by atoms with Crippen LogP contribution in [0.25, 0.3) is 0 Å². The lowest BCUT2D eigenvalue weighted by Crippen LogP contribution is -2.46. The number of methoxy groups -OCH3 is 1. The van der Waals surface area contributed by atoms with E-state index >= 15 is 0 Å². The maximum atomic E-state index is 12.1. The highest BCUT2D eigenvalue weighted by atomic mass is 127. The Balaban J connectivity index is 0.00000676. The van der Waals surface area contributed by atoms with E-state index in [0.29, 0.717) is 12.5 Å². The molecular formula is C18H33IN4O3S. The summed E-state index contributed by atoms with van der Waals surface area (Å²) in [4.78, 5) is 4.11. The van der Waals surface area contributed by atoms with Crippen molar-refractivity contribution in [1.29, 1.82) is 0 Å². The normalized spacial score (nSPS) is 13.6. The molecule has 0 radical (unpaired) electrons. The van der Waals surface area contributed by atoms with Gasteiger partial charge in [-0.1, -0.05) is 51.1 Å². The number of sulfonamides is 1. The summed E-state index contributed by atoms with van der Waals surface area (Å²) in [6.45, 7) is 7.44. The van der Waals surface area contributed by atoms with Gasteiger partial charge in [0.2, 0.25) is 10.0 Å². The number of benzene rings is 1. The summed E-state index contributed by atoms with van der Waals surface area (Å²) in [6.07, 6.45) is 0.0114. The molecule has 3 N–H and O–H groups in total. The highest BCUT2D eigenvalue weighted by Crippen LogP contribution is 2.20. The number of aliphatic imine (C=N–C) groups is 1. The maximum absolute atomic E-state index is 12.1. The van der Waals surface area contributed by atoms with E-state index in [0.717, 1.165) is 5.56 Å². The Kier molecular flexibility index (Phi) is 12.1. The van der Waals surface area contributed by atoms with Crippen molar-refractivity contribution in [2.75, 3.05) is 33.0 Å². The van der Waals surface area contributed by atoms with Gasteiger partial charge in [-0.15, -0.1) is 24.0 Å². The van der Waals surface area contributed by atoms with Gasteiger partial charge < -0.3 is 15.4 Å². The van der Waals surface area contributed by atoms with Crippen molar-refractivity contribution in [1.82, 2.24) is 15.4 Å². The second-order valence-corrected chi connectivity index (χ2v) is 9.02. The standard InChI is InChI=1S/C18H32N4O3S.HI/c1-18(2,3)16(25-5)14-21-17(19-4)20-11-12-26(23,24)22-13-15-9-7-6-8-10-15;/h6-10,16,22H,11-14H2,1-5H3,(H2,19,20,21);1H. The van der Waals surface area contributed by atoms with Gasteiger partial charge in [0.25, 0.3) is 0 Å². The number of ether oxygens (including phenoxy) is 1. The van der Waals surface area contributed by atoms with E-state index in [-0.39, 0.29) is 54.3 Å². The SMILES string of the molecule is CN=C(NCCS(=O)(=O)NCc1ccccc1)NCC(OC)C(C)(C)C.I. The van der Waals surface area contributed by atoms with Crippen LogP contribution in [0.2, 0.25) is 0 Å². The zero-order valence-corrected chi connectivity index (χ0v) is 19.9. The van der Waals surface area contributed by atoms with Crippen molar-refractivity contribution in [3.05, 3.63) is 35.9 Å². The third-order valence-corrected chi connectivity index (χ3v) is 5.26. The average molecular weight is 512 g/mol. The Hall–Kier alpha value is -0.910. The lowest BCUT2D eigenvalue weighted by molar-refractivity contribution is 0.0205. The van der Waals surface area contributed by atoms with Gasteiger partial charge in [0.15, 0.2) is 5.96 Å². The Labute approximate surface area is 180 Å². The predicted octanol–water partition coefficient (Wildman–Crippen LogP) is 1.95. The largest absolute Gasteiger partial charge is 0.379 e. The Morgan fingerprint density at radius 2 is 1.81 bits per heavy atom. The fraction of sp³-hybridized carbons (Fsp3) is 0.611. The smallest absolute Gasteiger partial charge is 0.213 e. The fourth-order valence-corrected chi connectivity index (χ4v) is 3.22. The predicted molar refractivity (Wildman–Crippen MR) is 122 cm³/mol. The van der Waals surface area contributed by atoms with Crippen molar-refractivity contribution in [3.63, 3.8) is 0 Å². The van der Waals surface area contributed by atoms with Gasteiger partial charge in [-0.05, 0) is 11.0 Å². The molecule has 0 aliphatic heterocycles. The highest BCUT2D eigenvalue weighted by Gasteiger charge is 2.24. The van der Waals surface area contributed by atoms with E-state index in [1.165, 1.54) is 0 Å². The molecular weight excluding hydrogens is 479 g/mol. The van der Waals surface area contributed by atoms with E-state index < -0.39 is 10.0 Å². The number of hydrogen-bond donors (Lipinski definition) is 3. The van der Waals surface area contributed by atoms with Crippen molar-refractivity contribution in [2.24, 2.45) is 10.4 Å². The number of halogens is 1. The molecule has 1 unspecified atom stereocenters. The summed E-state index contributed by atoms with van der Waals surface area (Å²) in [5.74, 6) is 0.516. The molecule has 0 fully saturated rings. The van der Waals surface area contributed by atoms with Gasteiger partial charge in [-0.3, -0.25) is 4.99 Å². The summed E-state index contributed by atoms with van der Waals surface area (Å²) in [7, 11) is -0.0343. The minimum absolute atomic E-state index is 0. The lowest BCUT2D eigenvalue weighted by atomic mass is 9.89. The van der Waals surface area contributed by atoms with Crippen LogP contribution in [-0.2, 0) is 21.3 Å². The summed E-state index contributed by atoms with van der Waals surface area (Å²) in [5, 5.41) is 6.19. The van der Waals surface area contributed by atoms with Crippen molar-refractivity contribution >= 4 is 40.0 Å². The number of rotatable bonds is 9. The van der Waals surface area contributed by atoms with E-state index in [2.05, 4.69) is 41.1 Å². The van der Waals surface area contributed by atoms with Gasteiger partial charge in [-0.25, -0.2) is 13.1 Å². The van der Waals surface area contributed by atoms with Crippen LogP contribution in [-0.4, -0.2) is 53.5 Å². The second kappa shape index (κ2) is 12.5. The van der Waals surface area contributed by atoms with Gasteiger partial charge in [0.05, 0.1) is 11.9 Å². The highest BCUT2D eigenvalue weighted by molar-refractivity contribution is 14.0. The molecule has 0 aliphatic rings. The Bertz CT molecular complexity index is 661. The Morgan fingerprint density at radius 1 is 1.19 bits per heavy atom. The molecule has 0 saturated carbocycles. The van der Waals surface area contributed by atoms with E-state index in [4.69, 9.17) is 4.74 Å². The van der Waals surface area contributed by atoms with E-state index in [1.807, 2.05) is 30.3 Å². The topological polar surface area (TPSA) is 91.8 Å². The summed E-state index contributed by atoms with van der Waals surface area (Å²) >= 11 is 0. The first-order valence-corrected chi connectivity index (χ1v) is 10.3. The van der Waals surface area contributed by atoms with Crippen molar-refractivity contribution in [2.45, 2.75) is 33.4 Å². The third-order valence-electron chi connectivity index (χ3n) is 3.93. The van der Waals surface area contributed by atoms with Crippen molar-refractivity contribution in [3.8, 4) is 0 Å². The van der Waals surface area contributed by atoms with Crippen LogP contribution < -0.4 is 15.4 Å². The number of nitrogens with zero attached hydrogens (tertiary/aromatic N) is 1. The van der Waals surface area contributed by atoms with Crippen LogP contribution in [0.4, 0.5) is 0 Å². The van der Waals surface area contributed by atoms with Gasteiger partial charge >= 0.3 is 0 Å². The molecule has 9 heteroatoms. The molecule has 27 heavy (non-hydrogen) atoms. The van der Waals surface area contributed by atoms with Gasteiger partial charge in [0, 0.05) is 33.8 Å². The fourth-order valence-electron chi connectivity index (χ4n) is 2.32. The molecule has 0 amide bonds. The molecule has 0 bridgehead atoms. The molecule has 1 atom stereocenters. The summed E-state index contributed by atoms with van der Waals surface area (Å²) in [5.41, 5.74) is 0.917. The molecule has 0 heterocycles. The average Bonchev–Trinajstić information content (AvgIpc) is 2.58. The first-order chi connectivity index (χ1) is 12.2. The zero-order valence-electron chi connectivity index (χ0n) is 16.8. The van der Waals surface area contributed by atoms with Crippen LogP contribution in [0.5, 0.6) is 0 Å². The summed E-state index contributed by atoms with van der Waals surface area (Å²) in [6, 6.07) is 9.42. The van der Waals surface area contributed by atoms with Crippen LogP contribution in [0.1, 0.15) is 26.3 Å². The van der Waals surface area contributed by atoms with Crippen molar-refractivity contribution < 1.29 is 13.2 Å². The second-order valence-electron chi connectivity index (χ2n) is 7.10. The molecule has 0 aromatic heterocycles. The number of guanidine groups is 1. The molecule has 1 aromatic carbocycles. The van der Waals surface area contributed by atoms with E-state index in [9.17, 15) is 8.42 Å². The molecule has 1 rings (SSSR count). The minimum Gasteiger partial charge on any atom is -0.379 e. The van der Waals surface area contributed by atoms with Gasteiger partial charge in [-0.2, -0.15) is 0 Å². The summed E-state index contributed by atoms with van der Waals surface area (Å²) < 4.78 is 32.3. The number of nitrogens with one attached hydrogen (secondary N) is 3. The van der Waals surface area contributed by atoms with Gasteiger partial charge in [0.1, 0.15) is 0 Å². The van der Waals surface area contributed by atoms with Crippen LogP contribution >= 0.6 is 24.0 Å². The molecule has 0 spiro atoms. The molecule has 0 saturated heterocycles. The monoisotopic (exact) mass is 512 g/mol. The molecule has 156 valence electrons. The third kappa shape index (κ3) is 10.9. The molecule has 7 nitrogen and oxygen atoms in total.